The van der Waals surface area contributed by atoms with Crippen LogP contribution in [-0.4, -0.2) is 16.5 Å². The van der Waals surface area contributed by atoms with Crippen molar-refractivity contribution in [2.24, 2.45) is 0 Å². The number of nitrogens with one attached hydrogen (secondary N) is 1. The van der Waals surface area contributed by atoms with Crippen LogP contribution >= 0.6 is 0 Å². The van der Waals surface area contributed by atoms with Crippen molar-refractivity contribution in [2.45, 2.75) is 52.5 Å². The molecular weight excluding hydrogens is 198 g/mol. The number of rotatable bonds is 8. The van der Waals surface area contributed by atoms with E-state index < -0.39 is 0 Å². The molecule has 0 amide bonds. The minimum atomic E-state index is 0.849. The van der Waals surface area contributed by atoms with Crippen LogP contribution in [0.4, 0.5) is 0 Å². The van der Waals surface area contributed by atoms with E-state index in [4.69, 9.17) is 0 Å². The van der Waals surface area contributed by atoms with E-state index in [-0.39, 0.29) is 0 Å². The maximum Gasteiger partial charge on any atom is 0.125 e. The van der Waals surface area contributed by atoms with Crippen molar-refractivity contribution in [2.75, 3.05) is 6.54 Å². The standard InChI is InChI=1S/C13H23N3/c1-3-4-5-6-7-9-14-11-13-8-10-15-12(2)16-13/h8,10,14H,3-7,9,11H2,1-2H3. The highest BCUT2D eigenvalue weighted by atomic mass is 14.9. The number of hydrogen-bond acceptors (Lipinski definition) is 3. The highest BCUT2D eigenvalue weighted by Gasteiger charge is 1.95. The maximum absolute atomic E-state index is 4.35. The number of unbranched alkanes of at least 4 members (excludes halogenated alkanes) is 4. The van der Waals surface area contributed by atoms with E-state index >= 15 is 0 Å². The molecule has 0 aliphatic heterocycles. The summed E-state index contributed by atoms with van der Waals surface area (Å²) in [5.74, 6) is 0.849. The van der Waals surface area contributed by atoms with E-state index in [2.05, 4.69) is 22.2 Å². The summed E-state index contributed by atoms with van der Waals surface area (Å²) in [6, 6.07) is 1.97. The maximum atomic E-state index is 4.35. The van der Waals surface area contributed by atoms with E-state index in [0.29, 0.717) is 0 Å². The smallest absolute Gasteiger partial charge is 0.125 e. The summed E-state index contributed by atoms with van der Waals surface area (Å²) >= 11 is 0. The van der Waals surface area contributed by atoms with Gasteiger partial charge in [0.2, 0.25) is 0 Å². The van der Waals surface area contributed by atoms with Crippen LogP contribution in [0.5, 0.6) is 0 Å². The highest BCUT2D eigenvalue weighted by Crippen LogP contribution is 2.01. The molecule has 1 heterocycles. The van der Waals surface area contributed by atoms with Gasteiger partial charge in [-0.1, -0.05) is 32.6 Å². The van der Waals surface area contributed by atoms with Gasteiger partial charge in [0.15, 0.2) is 0 Å². The molecule has 0 radical (unpaired) electrons. The summed E-state index contributed by atoms with van der Waals surface area (Å²) in [4.78, 5) is 8.43. The zero-order valence-electron chi connectivity index (χ0n) is 10.5. The molecule has 0 saturated heterocycles. The number of nitrogens with zero attached hydrogens (tertiary/aromatic N) is 2. The van der Waals surface area contributed by atoms with Crippen molar-refractivity contribution < 1.29 is 0 Å². The lowest BCUT2D eigenvalue weighted by Gasteiger charge is -2.04. The van der Waals surface area contributed by atoms with E-state index in [1.807, 2.05) is 19.2 Å². The fraction of sp³-hybridized carbons (Fsp3) is 0.692. The van der Waals surface area contributed by atoms with Gasteiger partial charge in [0.25, 0.3) is 0 Å². The van der Waals surface area contributed by atoms with Crippen molar-refractivity contribution in [1.29, 1.82) is 0 Å². The van der Waals surface area contributed by atoms with Gasteiger partial charge in [-0.25, -0.2) is 9.97 Å². The summed E-state index contributed by atoms with van der Waals surface area (Å²) in [5.41, 5.74) is 1.08. The van der Waals surface area contributed by atoms with E-state index in [0.717, 1.165) is 24.6 Å². The van der Waals surface area contributed by atoms with Gasteiger partial charge >= 0.3 is 0 Å². The molecule has 0 fully saturated rings. The Morgan fingerprint density at radius 2 is 2.00 bits per heavy atom. The molecule has 0 saturated carbocycles. The molecule has 0 unspecified atom stereocenters. The molecule has 1 aromatic heterocycles. The van der Waals surface area contributed by atoms with Gasteiger partial charge < -0.3 is 5.32 Å². The Kier molecular flexibility index (Phi) is 6.74. The predicted octanol–water partition coefficient (Wildman–Crippen LogP) is 2.85. The Bertz CT molecular complexity index is 286. The molecule has 0 aliphatic carbocycles. The minimum Gasteiger partial charge on any atom is -0.311 e. The monoisotopic (exact) mass is 221 g/mol. The summed E-state index contributed by atoms with van der Waals surface area (Å²) < 4.78 is 0. The molecule has 3 heteroatoms. The number of hydrogen-bond donors (Lipinski definition) is 1. The third-order valence-electron chi connectivity index (χ3n) is 2.60. The quantitative estimate of drug-likeness (QED) is 0.686. The van der Waals surface area contributed by atoms with Gasteiger partial charge in [-0.05, 0) is 26.0 Å². The van der Waals surface area contributed by atoms with Crippen LogP contribution in [0.15, 0.2) is 12.3 Å². The Labute approximate surface area is 98.7 Å². The topological polar surface area (TPSA) is 37.8 Å². The SMILES string of the molecule is CCCCCCCNCc1ccnc(C)n1. The van der Waals surface area contributed by atoms with E-state index in [1.54, 1.807) is 0 Å². The normalized spacial score (nSPS) is 10.6. The number of aryl methyl sites for hydroxylation is 1. The lowest BCUT2D eigenvalue weighted by molar-refractivity contribution is 0.579. The van der Waals surface area contributed by atoms with Gasteiger partial charge in [0.05, 0.1) is 5.69 Å². The van der Waals surface area contributed by atoms with Crippen molar-refractivity contribution in [1.82, 2.24) is 15.3 Å². The molecule has 1 aromatic rings. The Morgan fingerprint density at radius 1 is 1.19 bits per heavy atom. The molecule has 90 valence electrons. The zero-order valence-corrected chi connectivity index (χ0v) is 10.5. The fourth-order valence-electron chi connectivity index (χ4n) is 1.67. The first-order chi connectivity index (χ1) is 7.83. The lowest BCUT2D eigenvalue weighted by Crippen LogP contribution is -2.15. The Morgan fingerprint density at radius 3 is 2.75 bits per heavy atom. The molecule has 1 rings (SSSR count). The third kappa shape index (κ3) is 5.81. The molecule has 1 N–H and O–H groups in total. The van der Waals surface area contributed by atoms with E-state index in [9.17, 15) is 0 Å². The molecular formula is C13H23N3. The Balaban J connectivity index is 2.03. The van der Waals surface area contributed by atoms with Crippen LogP contribution in [0, 0.1) is 6.92 Å². The first-order valence-corrected chi connectivity index (χ1v) is 6.32. The molecule has 16 heavy (non-hydrogen) atoms. The van der Waals surface area contributed by atoms with Crippen LogP contribution in [0.1, 0.15) is 50.5 Å². The second-order valence-corrected chi connectivity index (χ2v) is 4.19. The van der Waals surface area contributed by atoms with Crippen LogP contribution in [0.3, 0.4) is 0 Å². The minimum absolute atomic E-state index is 0.849. The first kappa shape index (κ1) is 13.1. The largest absolute Gasteiger partial charge is 0.311 e. The first-order valence-electron chi connectivity index (χ1n) is 6.32. The molecule has 0 aliphatic rings. The Hall–Kier alpha value is -0.960. The average molecular weight is 221 g/mol. The second kappa shape index (κ2) is 8.22. The van der Waals surface area contributed by atoms with Crippen LogP contribution < -0.4 is 5.32 Å². The second-order valence-electron chi connectivity index (χ2n) is 4.19. The summed E-state index contributed by atoms with van der Waals surface area (Å²) in [6.07, 6.45) is 8.47. The van der Waals surface area contributed by atoms with Gasteiger partial charge in [0, 0.05) is 12.7 Å². The third-order valence-corrected chi connectivity index (χ3v) is 2.60. The lowest BCUT2D eigenvalue weighted by atomic mass is 10.1. The molecule has 0 aromatic carbocycles. The average Bonchev–Trinajstić information content (AvgIpc) is 2.28. The molecule has 0 bridgehead atoms. The van der Waals surface area contributed by atoms with Crippen molar-refractivity contribution >= 4 is 0 Å². The zero-order chi connectivity index (χ0) is 11.6. The highest BCUT2D eigenvalue weighted by molar-refractivity contribution is 5.00. The summed E-state index contributed by atoms with van der Waals surface area (Å²) in [5, 5.41) is 3.42. The molecule has 0 spiro atoms. The van der Waals surface area contributed by atoms with Crippen LogP contribution in [0.2, 0.25) is 0 Å². The number of aromatic nitrogens is 2. The van der Waals surface area contributed by atoms with Gasteiger partial charge in [-0.3, -0.25) is 0 Å². The van der Waals surface area contributed by atoms with E-state index in [1.165, 1.54) is 32.1 Å². The summed E-state index contributed by atoms with van der Waals surface area (Å²) in [6.45, 7) is 6.12. The van der Waals surface area contributed by atoms with Gasteiger partial charge in [0.1, 0.15) is 5.82 Å². The fourth-order valence-corrected chi connectivity index (χ4v) is 1.67. The van der Waals surface area contributed by atoms with Crippen LogP contribution in [-0.2, 0) is 6.54 Å². The van der Waals surface area contributed by atoms with Gasteiger partial charge in [-0.15, -0.1) is 0 Å². The van der Waals surface area contributed by atoms with Gasteiger partial charge in [-0.2, -0.15) is 0 Å². The van der Waals surface area contributed by atoms with Crippen LogP contribution in [0.25, 0.3) is 0 Å². The molecule has 3 nitrogen and oxygen atoms in total. The van der Waals surface area contributed by atoms with Crippen molar-refractivity contribution in [3.8, 4) is 0 Å². The van der Waals surface area contributed by atoms with Crippen molar-refractivity contribution in [3.63, 3.8) is 0 Å². The molecule has 0 atom stereocenters. The summed E-state index contributed by atoms with van der Waals surface area (Å²) in [7, 11) is 0. The predicted molar refractivity (Wildman–Crippen MR) is 67.2 cm³/mol. The van der Waals surface area contributed by atoms with Crippen molar-refractivity contribution in [3.05, 3.63) is 23.8 Å².